The fraction of sp³-hybridized carbons (Fsp3) is 0.0833. The van der Waals surface area contributed by atoms with E-state index < -0.39 is 17.6 Å². The van der Waals surface area contributed by atoms with Crippen molar-refractivity contribution in [2.75, 3.05) is 10.2 Å². The fourth-order valence-electron chi connectivity index (χ4n) is 3.34. The molecule has 2 amide bonds. The highest BCUT2D eigenvalue weighted by molar-refractivity contribution is 6.46. The number of carbonyl (C=O) groups is 2. The van der Waals surface area contributed by atoms with Crippen LogP contribution in [-0.4, -0.2) is 11.8 Å². The minimum absolute atomic E-state index is 0.134. The van der Waals surface area contributed by atoms with Crippen LogP contribution in [0.15, 0.2) is 72.4 Å². The molecule has 4 rings (SSSR count). The van der Waals surface area contributed by atoms with E-state index in [9.17, 15) is 14.0 Å². The van der Waals surface area contributed by atoms with Gasteiger partial charge >= 0.3 is 0 Å². The van der Waals surface area contributed by atoms with Gasteiger partial charge in [0.05, 0.1) is 11.3 Å². The summed E-state index contributed by atoms with van der Waals surface area (Å²) in [6.45, 7) is 3.96. The predicted molar refractivity (Wildman–Crippen MR) is 117 cm³/mol. The van der Waals surface area contributed by atoms with Crippen molar-refractivity contribution in [1.29, 1.82) is 0 Å². The molecule has 3 aromatic carbocycles. The smallest absolute Gasteiger partial charge is 0.282 e. The van der Waals surface area contributed by atoms with E-state index in [4.69, 9.17) is 11.6 Å². The van der Waals surface area contributed by atoms with Gasteiger partial charge in [-0.25, -0.2) is 9.29 Å². The van der Waals surface area contributed by atoms with Crippen molar-refractivity contribution in [2.24, 2.45) is 0 Å². The second-order valence-corrected chi connectivity index (χ2v) is 7.54. The number of aryl methyl sites for hydroxylation is 2. The quantitative estimate of drug-likeness (QED) is 0.567. The molecule has 0 spiro atoms. The minimum Gasteiger partial charge on any atom is -0.350 e. The lowest BCUT2D eigenvalue weighted by molar-refractivity contribution is -0.120. The standard InChI is InChI=1S/C24H18ClFN2O2/c1-14-6-11-19(12-15(14)2)27-22-21(16-7-9-17(25)10-8-16)23(29)28(24(22)30)20-5-3-4-18(26)13-20/h3-13,27H,1-2H3. The number of amides is 2. The van der Waals surface area contributed by atoms with Gasteiger partial charge in [-0.2, -0.15) is 0 Å². The number of rotatable bonds is 4. The lowest BCUT2D eigenvalue weighted by atomic mass is 10.0. The average Bonchev–Trinajstić information content (AvgIpc) is 2.95. The number of hydrogen-bond donors (Lipinski definition) is 1. The Hall–Kier alpha value is -3.44. The second-order valence-electron chi connectivity index (χ2n) is 7.11. The van der Waals surface area contributed by atoms with Crippen LogP contribution in [-0.2, 0) is 9.59 Å². The molecule has 0 aromatic heterocycles. The largest absolute Gasteiger partial charge is 0.350 e. The number of imide groups is 1. The van der Waals surface area contributed by atoms with Crippen LogP contribution in [0.5, 0.6) is 0 Å². The summed E-state index contributed by atoms with van der Waals surface area (Å²) in [6.07, 6.45) is 0. The first kappa shape index (κ1) is 19.9. The lowest BCUT2D eigenvalue weighted by Gasteiger charge is -2.15. The van der Waals surface area contributed by atoms with Crippen LogP contribution in [0.2, 0.25) is 5.02 Å². The van der Waals surface area contributed by atoms with Crippen LogP contribution in [0.25, 0.3) is 5.57 Å². The van der Waals surface area contributed by atoms with Gasteiger partial charge in [0.25, 0.3) is 11.8 Å². The summed E-state index contributed by atoms with van der Waals surface area (Å²) in [5.41, 5.74) is 3.90. The maximum absolute atomic E-state index is 13.8. The van der Waals surface area contributed by atoms with E-state index in [2.05, 4.69) is 5.32 Å². The van der Waals surface area contributed by atoms with E-state index in [-0.39, 0.29) is 17.0 Å². The molecule has 4 nitrogen and oxygen atoms in total. The molecule has 30 heavy (non-hydrogen) atoms. The van der Waals surface area contributed by atoms with E-state index in [1.54, 1.807) is 24.3 Å². The molecule has 0 atom stereocenters. The third-order valence-corrected chi connectivity index (χ3v) is 5.31. The van der Waals surface area contributed by atoms with Crippen LogP contribution in [0.3, 0.4) is 0 Å². The lowest BCUT2D eigenvalue weighted by Crippen LogP contribution is -2.32. The number of carbonyl (C=O) groups excluding carboxylic acids is 2. The number of anilines is 2. The van der Waals surface area contributed by atoms with Gasteiger partial charge in [-0.05, 0) is 73.0 Å². The molecule has 0 aliphatic carbocycles. The summed E-state index contributed by atoms with van der Waals surface area (Å²) >= 11 is 5.99. The van der Waals surface area contributed by atoms with Crippen molar-refractivity contribution in [3.8, 4) is 0 Å². The number of halogens is 2. The minimum atomic E-state index is -0.547. The monoisotopic (exact) mass is 420 g/mol. The first-order valence-electron chi connectivity index (χ1n) is 9.34. The molecule has 0 unspecified atom stereocenters. The van der Waals surface area contributed by atoms with Crippen LogP contribution in [0, 0.1) is 19.7 Å². The molecule has 1 N–H and O–H groups in total. The Morgan fingerprint density at radius 2 is 1.60 bits per heavy atom. The van der Waals surface area contributed by atoms with Crippen molar-refractivity contribution in [3.05, 3.63) is 100.0 Å². The summed E-state index contributed by atoms with van der Waals surface area (Å²) in [5, 5.41) is 3.62. The Morgan fingerprint density at radius 1 is 0.867 bits per heavy atom. The van der Waals surface area contributed by atoms with Crippen molar-refractivity contribution in [1.82, 2.24) is 0 Å². The van der Waals surface area contributed by atoms with E-state index in [0.29, 0.717) is 16.3 Å². The Bertz CT molecular complexity index is 1200. The summed E-state index contributed by atoms with van der Waals surface area (Å²) in [4.78, 5) is 27.5. The zero-order chi connectivity index (χ0) is 21.4. The topological polar surface area (TPSA) is 49.4 Å². The van der Waals surface area contributed by atoms with Crippen molar-refractivity contribution in [2.45, 2.75) is 13.8 Å². The van der Waals surface area contributed by atoms with E-state index in [0.717, 1.165) is 22.1 Å². The molecule has 3 aromatic rings. The fourth-order valence-corrected chi connectivity index (χ4v) is 3.47. The number of nitrogens with one attached hydrogen (secondary N) is 1. The van der Waals surface area contributed by atoms with Crippen molar-refractivity contribution >= 4 is 40.4 Å². The van der Waals surface area contributed by atoms with Crippen molar-refractivity contribution in [3.63, 3.8) is 0 Å². The van der Waals surface area contributed by atoms with E-state index in [1.807, 2.05) is 32.0 Å². The summed E-state index contributed by atoms with van der Waals surface area (Å²) in [5.74, 6) is -1.61. The molecule has 1 heterocycles. The molecular formula is C24H18ClFN2O2. The molecule has 0 radical (unpaired) electrons. The molecular weight excluding hydrogens is 403 g/mol. The van der Waals surface area contributed by atoms with Gasteiger partial charge < -0.3 is 5.32 Å². The van der Waals surface area contributed by atoms with Gasteiger partial charge in [0.1, 0.15) is 11.5 Å². The maximum Gasteiger partial charge on any atom is 0.282 e. The summed E-state index contributed by atoms with van der Waals surface area (Å²) in [7, 11) is 0. The average molecular weight is 421 g/mol. The van der Waals surface area contributed by atoms with Gasteiger partial charge in [-0.3, -0.25) is 9.59 Å². The normalized spacial score (nSPS) is 13.9. The van der Waals surface area contributed by atoms with Gasteiger partial charge in [0.2, 0.25) is 0 Å². The van der Waals surface area contributed by atoms with E-state index in [1.165, 1.54) is 18.2 Å². The Balaban J connectivity index is 1.83. The van der Waals surface area contributed by atoms with Gasteiger partial charge in [0.15, 0.2) is 0 Å². The summed E-state index contributed by atoms with van der Waals surface area (Å²) in [6, 6.07) is 17.8. The van der Waals surface area contributed by atoms with Gasteiger partial charge in [0, 0.05) is 10.7 Å². The number of nitrogens with zero attached hydrogens (tertiary/aromatic N) is 1. The molecule has 150 valence electrons. The Kier molecular flexibility index (Phi) is 5.14. The molecule has 0 fully saturated rings. The SMILES string of the molecule is Cc1ccc(NC2=C(c3ccc(Cl)cc3)C(=O)N(c3cccc(F)c3)C2=O)cc1C. The highest BCUT2D eigenvalue weighted by Crippen LogP contribution is 2.34. The number of benzene rings is 3. The Labute approximate surface area is 178 Å². The van der Waals surface area contributed by atoms with Crippen LogP contribution in [0.1, 0.15) is 16.7 Å². The molecule has 0 bridgehead atoms. The zero-order valence-electron chi connectivity index (χ0n) is 16.4. The summed E-state index contributed by atoms with van der Waals surface area (Å²) < 4.78 is 13.8. The molecule has 0 saturated carbocycles. The molecule has 6 heteroatoms. The predicted octanol–water partition coefficient (Wildman–Crippen LogP) is 5.49. The third-order valence-electron chi connectivity index (χ3n) is 5.06. The first-order chi connectivity index (χ1) is 14.3. The number of hydrogen-bond acceptors (Lipinski definition) is 3. The van der Waals surface area contributed by atoms with Crippen LogP contribution >= 0.6 is 11.6 Å². The molecule has 1 aliphatic rings. The maximum atomic E-state index is 13.8. The van der Waals surface area contributed by atoms with E-state index >= 15 is 0 Å². The van der Waals surface area contributed by atoms with Crippen LogP contribution < -0.4 is 10.2 Å². The van der Waals surface area contributed by atoms with Gasteiger partial charge in [-0.1, -0.05) is 35.9 Å². The zero-order valence-corrected chi connectivity index (χ0v) is 17.1. The second kappa shape index (κ2) is 7.76. The van der Waals surface area contributed by atoms with Crippen LogP contribution in [0.4, 0.5) is 15.8 Å². The van der Waals surface area contributed by atoms with Crippen molar-refractivity contribution < 1.29 is 14.0 Å². The molecule has 0 saturated heterocycles. The van der Waals surface area contributed by atoms with Gasteiger partial charge in [-0.15, -0.1) is 0 Å². The highest BCUT2D eigenvalue weighted by Gasteiger charge is 2.40. The molecule has 1 aliphatic heterocycles. The first-order valence-corrected chi connectivity index (χ1v) is 9.72. The Morgan fingerprint density at radius 3 is 2.27 bits per heavy atom. The third kappa shape index (κ3) is 3.60. The highest BCUT2D eigenvalue weighted by atomic mass is 35.5.